The summed E-state index contributed by atoms with van der Waals surface area (Å²) >= 11 is 0. The summed E-state index contributed by atoms with van der Waals surface area (Å²) in [5.74, 6) is 0. The number of nitrogens with zero attached hydrogens (tertiary/aromatic N) is 1. The normalized spacial score (nSPS) is 22.9. The van der Waals surface area contributed by atoms with E-state index >= 15 is 0 Å². The Labute approximate surface area is 105 Å². The topological polar surface area (TPSA) is 15.3 Å². The fourth-order valence-electron chi connectivity index (χ4n) is 2.82. The van der Waals surface area contributed by atoms with Crippen molar-refractivity contribution in [2.75, 3.05) is 20.1 Å². The first-order chi connectivity index (χ1) is 8.22. The molecule has 0 saturated carbocycles. The second-order valence-corrected chi connectivity index (χ2v) is 5.18. The molecule has 94 valence electrons. The molecular weight excluding hydrogens is 208 g/mol. The zero-order chi connectivity index (χ0) is 12.3. The van der Waals surface area contributed by atoms with Crippen LogP contribution in [0.3, 0.4) is 0 Å². The molecule has 0 spiro atoms. The fraction of sp³-hybridized carbons (Fsp3) is 0.600. The minimum atomic E-state index is 0.455. The van der Waals surface area contributed by atoms with E-state index in [0.29, 0.717) is 6.04 Å². The molecule has 1 saturated heterocycles. The van der Waals surface area contributed by atoms with Crippen molar-refractivity contribution >= 4 is 0 Å². The van der Waals surface area contributed by atoms with Crippen molar-refractivity contribution in [1.29, 1.82) is 0 Å². The van der Waals surface area contributed by atoms with E-state index < -0.39 is 0 Å². The van der Waals surface area contributed by atoms with Gasteiger partial charge in [-0.2, -0.15) is 0 Å². The van der Waals surface area contributed by atoms with Gasteiger partial charge in [-0.25, -0.2) is 0 Å². The summed E-state index contributed by atoms with van der Waals surface area (Å²) < 4.78 is 0. The molecule has 1 heterocycles. The first kappa shape index (κ1) is 12.6. The van der Waals surface area contributed by atoms with E-state index in [1.165, 1.54) is 30.5 Å². The van der Waals surface area contributed by atoms with Gasteiger partial charge in [0.2, 0.25) is 0 Å². The van der Waals surface area contributed by atoms with Gasteiger partial charge in [0, 0.05) is 18.6 Å². The van der Waals surface area contributed by atoms with Crippen molar-refractivity contribution < 1.29 is 0 Å². The molecule has 1 aliphatic heterocycles. The molecule has 0 aromatic heterocycles. The number of hydrogen-bond acceptors (Lipinski definition) is 2. The maximum Gasteiger partial charge on any atom is 0.0449 e. The van der Waals surface area contributed by atoms with Crippen molar-refractivity contribution in [2.45, 2.75) is 38.8 Å². The number of nitrogens with one attached hydrogen (secondary N) is 1. The van der Waals surface area contributed by atoms with Crippen molar-refractivity contribution in [2.24, 2.45) is 0 Å². The van der Waals surface area contributed by atoms with Crippen LogP contribution in [0.2, 0.25) is 0 Å². The zero-order valence-corrected chi connectivity index (χ0v) is 11.2. The van der Waals surface area contributed by atoms with Gasteiger partial charge in [0.15, 0.2) is 0 Å². The van der Waals surface area contributed by atoms with Gasteiger partial charge in [0.25, 0.3) is 0 Å². The van der Waals surface area contributed by atoms with E-state index in [0.717, 1.165) is 12.6 Å². The lowest BCUT2D eigenvalue weighted by Crippen LogP contribution is -2.36. The Bertz CT molecular complexity index is 362. The summed E-state index contributed by atoms with van der Waals surface area (Å²) in [6.45, 7) is 6.93. The van der Waals surface area contributed by atoms with Crippen LogP contribution < -0.4 is 5.32 Å². The average molecular weight is 232 g/mol. The van der Waals surface area contributed by atoms with Crippen LogP contribution in [-0.4, -0.2) is 31.1 Å². The molecule has 2 nitrogen and oxygen atoms in total. The summed E-state index contributed by atoms with van der Waals surface area (Å²) in [6.07, 6.45) is 2.70. The Morgan fingerprint density at radius 3 is 2.76 bits per heavy atom. The average Bonchev–Trinajstić information content (AvgIpc) is 2.73. The summed E-state index contributed by atoms with van der Waals surface area (Å²) in [5.41, 5.74) is 2.83. The Kier molecular flexibility index (Phi) is 4.19. The van der Waals surface area contributed by atoms with E-state index in [9.17, 15) is 0 Å². The Morgan fingerprint density at radius 1 is 1.41 bits per heavy atom. The van der Waals surface area contributed by atoms with E-state index in [1.54, 1.807) is 0 Å². The smallest absolute Gasteiger partial charge is 0.0449 e. The van der Waals surface area contributed by atoms with E-state index in [1.807, 2.05) is 0 Å². The van der Waals surface area contributed by atoms with Gasteiger partial charge in [0.1, 0.15) is 0 Å². The Balaban J connectivity index is 2.09. The molecule has 2 unspecified atom stereocenters. The molecule has 0 aliphatic carbocycles. The molecule has 1 aliphatic rings. The Hall–Kier alpha value is -0.860. The summed E-state index contributed by atoms with van der Waals surface area (Å²) in [6, 6.07) is 9.90. The van der Waals surface area contributed by atoms with Crippen LogP contribution in [0.5, 0.6) is 0 Å². The molecule has 17 heavy (non-hydrogen) atoms. The van der Waals surface area contributed by atoms with Gasteiger partial charge in [-0.1, -0.05) is 24.3 Å². The highest BCUT2D eigenvalue weighted by Crippen LogP contribution is 2.23. The molecule has 1 aromatic rings. The van der Waals surface area contributed by atoms with Gasteiger partial charge < -0.3 is 5.32 Å². The van der Waals surface area contributed by atoms with Gasteiger partial charge in [0.05, 0.1) is 0 Å². The highest BCUT2D eigenvalue weighted by atomic mass is 15.2. The monoisotopic (exact) mass is 232 g/mol. The van der Waals surface area contributed by atoms with E-state index in [4.69, 9.17) is 0 Å². The molecule has 1 N–H and O–H groups in total. The lowest BCUT2D eigenvalue weighted by atomic mass is 10.0. The predicted molar refractivity (Wildman–Crippen MR) is 73.2 cm³/mol. The minimum absolute atomic E-state index is 0.455. The summed E-state index contributed by atoms with van der Waals surface area (Å²) in [5, 5.41) is 3.46. The van der Waals surface area contributed by atoms with Crippen LogP contribution in [-0.2, 0) is 0 Å². The quantitative estimate of drug-likeness (QED) is 0.858. The number of likely N-dealkylation sites (N-methyl/N-ethyl adjacent to an activating group) is 1. The first-order valence-electron chi connectivity index (χ1n) is 6.69. The van der Waals surface area contributed by atoms with Crippen molar-refractivity contribution in [3.8, 4) is 0 Å². The number of likely N-dealkylation sites (tertiary alicyclic amines) is 1. The molecule has 2 rings (SSSR count). The maximum absolute atomic E-state index is 3.46. The third-order valence-electron chi connectivity index (χ3n) is 4.02. The van der Waals surface area contributed by atoms with Crippen molar-refractivity contribution in [3.05, 3.63) is 35.4 Å². The molecular formula is C15H24N2. The van der Waals surface area contributed by atoms with E-state index in [2.05, 4.69) is 55.4 Å². The van der Waals surface area contributed by atoms with Gasteiger partial charge in [-0.3, -0.25) is 4.90 Å². The molecule has 0 radical (unpaired) electrons. The van der Waals surface area contributed by atoms with Gasteiger partial charge in [-0.05, 0) is 51.4 Å². The highest BCUT2D eigenvalue weighted by Gasteiger charge is 2.23. The number of rotatable bonds is 4. The summed E-state index contributed by atoms with van der Waals surface area (Å²) in [4.78, 5) is 2.60. The number of aryl methyl sites for hydroxylation is 1. The molecule has 0 amide bonds. The lowest BCUT2D eigenvalue weighted by molar-refractivity contribution is 0.241. The van der Waals surface area contributed by atoms with E-state index in [-0.39, 0.29) is 0 Å². The third kappa shape index (κ3) is 2.88. The maximum atomic E-state index is 3.46. The number of benzene rings is 1. The van der Waals surface area contributed by atoms with Gasteiger partial charge >= 0.3 is 0 Å². The van der Waals surface area contributed by atoms with Crippen molar-refractivity contribution in [1.82, 2.24) is 10.2 Å². The Morgan fingerprint density at radius 2 is 2.18 bits per heavy atom. The van der Waals surface area contributed by atoms with Crippen molar-refractivity contribution in [3.63, 3.8) is 0 Å². The SMILES string of the molecule is CNC(CN1CCCC1C)c1ccccc1C. The van der Waals surface area contributed by atoms with Crippen LogP contribution in [0.1, 0.15) is 36.9 Å². The van der Waals surface area contributed by atoms with Crippen LogP contribution >= 0.6 is 0 Å². The van der Waals surface area contributed by atoms with Crippen LogP contribution in [0.25, 0.3) is 0 Å². The molecule has 1 aromatic carbocycles. The molecule has 0 bridgehead atoms. The highest BCUT2D eigenvalue weighted by molar-refractivity contribution is 5.29. The summed E-state index contributed by atoms with van der Waals surface area (Å²) in [7, 11) is 2.07. The largest absolute Gasteiger partial charge is 0.312 e. The predicted octanol–water partition coefficient (Wildman–Crippen LogP) is 2.74. The molecule has 2 heteroatoms. The number of hydrogen-bond donors (Lipinski definition) is 1. The van der Waals surface area contributed by atoms with Crippen LogP contribution in [0, 0.1) is 6.92 Å². The first-order valence-corrected chi connectivity index (χ1v) is 6.69. The fourth-order valence-corrected chi connectivity index (χ4v) is 2.82. The van der Waals surface area contributed by atoms with Crippen LogP contribution in [0.15, 0.2) is 24.3 Å². The van der Waals surface area contributed by atoms with Crippen LogP contribution in [0.4, 0.5) is 0 Å². The third-order valence-corrected chi connectivity index (χ3v) is 4.02. The standard InChI is InChI=1S/C15H24N2/c1-12-7-4-5-9-14(12)15(16-3)11-17-10-6-8-13(17)2/h4-5,7,9,13,15-16H,6,8,10-11H2,1-3H3. The zero-order valence-electron chi connectivity index (χ0n) is 11.2. The minimum Gasteiger partial charge on any atom is -0.312 e. The molecule has 2 atom stereocenters. The second kappa shape index (κ2) is 5.65. The van der Waals surface area contributed by atoms with Gasteiger partial charge in [-0.15, -0.1) is 0 Å². The second-order valence-electron chi connectivity index (χ2n) is 5.18. The molecule has 1 fully saturated rings. The lowest BCUT2D eigenvalue weighted by Gasteiger charge is -2.28.